The molecule has 3 heterocycles. The van der Waals surface area contributed by atoms with Gasteiger partial charge in [0.25, 0.3) is 0 Å². The summed E-state index contributed by atoms with van der Waals surface area (Å²) in [6.45, 7) is 3.12. The summed E-state index contributed by atoms with van der Waals surface area (Å²) in [4.78, 5) is 4.12. The summed E-state index contributed by atoms with van der Waals surface area (Å²) < 4.78 is 5.13. The van der Waals surface area contributed by atoms with Crippen LogP contribution in [0.3, 0.4) is 0 Å². The molecule has 0 aromatic carbocycles. The lowest BCUT2D eigenvalue weighted by atomic mass is 10.00. The van der Waals surface area contributed by atoms with Gasteiger partial charge < -0.3 is 10.1 Å². The molecule has 2 aromatic heterocycles. The van der Waals surface area contributed by atoms with E-state index < -0.39 is 0 Å². The van der Waals surface area contributed by atoms with Crippen molar-refractivity contribution in [2.24, 2.45) is 0 Å². The Morgan fingerprint density at radius 2 is 2.25 bits per heavy atom. The maximum atomic E-state index is 5.13. The summed E-state index contributed by atoms with van der Waals surface area (Å²) in [5.41, 5.74) is 1.98. The van der Waals surface area contributed by atoms with Crippen LogP contribution < -0.4 is 10.1 Å². The topological polar surface area (TPSA) is 69.8 Å². The quantitative estimate of drug-likeness (QED) is 0.754. The third kappa shape index (κ3) is 1.32. The zero-order valence-electron chi connectivity index (χ0n) is 9.19. The smallest absolute Gasteiger partial charge is 0.213 e. The molecule has 0 spiro atoms. The molecule has 0 radical (unpaired) electrons. The number of methoxy groups -OCH3 is 1. The van der Waals surface area contributed by atoms with Gasteiger partial charge in [0.1, 0.15) is 5.52 Å². The first-order chi connectivity index (χ1) is 7.73. The van der Waals surface area contributed by atoms with E-state index in [1.165, 1.54) is 0 Å². The van der Waals surface area contributed by atoms with Gasteiger partial charge in [-0.2, -0.15) is 5.10 Å². The molecule has 5 heteroatoms. The standard InChI is InChI=1S/C11H12N4O/c1-11(6-13-11)8-4-14-15-9-5-12-10(16-2)3-7(8)9/h3-5,13H,6H2,1-2H3. The molecule has 1 saturated heterocycles. The molecule has 1 N–H and O–H groups in total. The van der Waals surface area contributed by atoms with Crippen LogP contribution in [0.25, 0.3) is 10.9 Å². The Morgan fingerprint density at radius 3 is 2.94 bits per heavy atom. The minimum atomic E-state index is 0.0283. The molecular formula is C11H12N4O. The van der Waals surface area contributed by atoms with Gasteiger partial charge >= 0.3 is 0 Å². The van der Waals surface area contributed by atoms with E-state index >= 15 is 0 Å². The van der Waals surface area contributed by atoms with Crippen molar-refractivity contribution in [2.75, 3.05) is 13.7 Å². The van der Waals surface area contributed by atoms with Gasteiger partial charge in [0.15, 0.2) is 0 Å². The molecule has 5 nitrogen and oxygen atoms in total. The second-order valence-corrected chi connectivity index (χ2v) is 4.19. The SMILES string of the molecule is COc1cc2c(C3(C)CN3)cnnc2cn1. The van der Waals surface area contributed by atoms with Gasteiger partial charge in [0.2, 0.25) is 5.88 Å². The first-order valence-corrected chi connectivity index (χ1v) is 5.14. The maximum absolute atomic E-state index is 5.13. The number of hydrogen-bond acceptors (Lipinski definition) is 5. The van der Waals surface area contributed by atoms with Crippen LogP contribution in [-0.4, -0.2) is 28.8 Å². The summed E-state index contributed by atoms with van der Waals surface area (Å²) in [6.07, 6.45) is 3.50. The highest BCUT2D eigenvalue weighted by Crippen LogP contribution is 2.34. The number of ether oxygens (including phenoxy) is 1. The monoisotopic (exact) mass is 216 g/mol. The van der Waals surface area contributed by atoms with Crippen molar-refractivity contribution in [3.63, 3.8) is 0 Å². The van der Waals surface area contributed by atoms with Crippen LogP contribution in [0.2, 0.25) is 0 Å². The Labute approximate surface area is 92.9 Å². The highest BCUT2D eigenvalue weighted by atomic mass is 16.5. The van der Waals surface area contributed by atoms with E-state index in [0.717, 1.165) is 23.0 Å². The zero-order valence-corrected chi connectivity index (χ0v) is 9.19. The fourth-order valence-electron chi connectivity index (χ4n) is 1.82. The lowest BCUT2D eigenvalue weighted by molar-refractivity contribution is 0.398. The fraction of sp³-hybridized carbons (Fsp3) is 0.364. The molecule has 1 atom stereocenters. The predicted molar refractivity (Wildman–Crippen MR) is 59.2 cm³/mol. The van der Waals surface area contributed by atoms with Gasteiger partial charge in [-0.1, -0.05) is 0 Å². The number of nitrogens with zero attached hydrogens (tertiary/aromatic N) is 3. The Bertz CT molecular complexity index is 551. The largest absolute Gasteiger partial charge is 0.481 e. The lowest BCUT2D eigenvalue weighted by Crippen LogP contribution is -2.09. The van der Waals surface area contributed by atoms with Gasteiger partial charge in [0.05, 0.1) is 25.0 Å². The Balaban J connectivity index is 2.27. The Kier molecular flexibility index (Phi) is 1.85. The van der Waals surface area contributed by atoms with Crippen molar-refractivity contribution in [1.29, 1.82) is 0 Å². The average Bonchev–Trinajstić information content (AvgIpc) is 3.07. The van der Waals surface area contributed by atoms with E-state index in [0.29, 0.717) is 5.88 Å². The summed E-state index contributed by atoms with van der Waals surface area (Å²) in [6, 6.07) is 1.91. The first-order valence-electron chi connectivity index (χ1n) is 5.14. The molecule has 1 fully saturated rings. The predicted octanol–water partition coefficient (Wildman–Crippen LogP) is 0.852. The zero-order chi connectivity index (χ0) is 11.2. The molecule has 82 valence electrons. The second kappa shape index (κ2) is 3.12. The van der Waals surface area contributed by atoms with Gasteiger partial charge in [-0.05, 0) is 6.92 Å². The molecule has 1 aliphatic heterocycles. The molecule has 0 bridgehead atoms. The van der Waals surface area contributed by atoms with Crippen LogP contribution in [0.1, 0.15) is 12.5 Å². The normalized spacial score (nSPS) is 23.4. The molecule has 3 rings (SSSR count). The van der Waals surface area contributed by atoms with E-state index in [9.17, 15) is 0 Å². The number of aromatic nitrogens is 3. The van der Waals surface area contributed by atoms with E-state index in [2.05, 4.69) is 27.4 Å². The van der Waals surface area contributed by atoms with E-state index in [1.807, 2.05) is 12.3 Å². The van der Waals surface area contributed by atoms with Crippen LogP contribution in [0.5, 0.6) is 5.88 Å². The van der Waals surface area contributed by atoms with Crippen molar-refractivity contribution in [2.45, 2.75) is 12.5 Å². The van der Waals surface area contributed by atoms with Gasteiger partial charge in [0, 0.05) is 23.6 Å². The first kappa shape index (κ1) is 9.47. The third-order valence-electron chi connectivity index (χ3n) is 3.01. The van der Waals surface area contributed by atoms with E-state index in [-0.39, 0.29) is 5.54 Å². The average molecular weight is 216 g/mol. The molecule has 0 aliphatic carbocycles. The van der Waals surface area contributed by atoms with Crippen molar-refractivity contribution in [1.82, 2.24) is 20.5 Å². The van der Waals surface area contributed by atoms with Crippen LogP contribution in [-0.2, 0) is 5.54 Å². The number of rotatable bonds is 2. The van der Waals surface area contributed by atoms with Crippen LogP contribution in [0.4, 0.5) is 0 Å². The highest BCUT2D eigenvalue weighted by Gasteiger charge is 2.40. The van der Waals surface area contributed by atoms with Crippen molar-refractivity contribution in [3.8, 4) is 5.88 Å². The fourth-order valence-corrected chi connectivity index (χ4v) is 1.82. The van der Waals surface area contributed by atoms with E-state index in [4.69, 9.17) is 4.74 Å². The molecule has 1 aliphatic rings. The van der Waals surface area contributed by atoms with E-state index in [1.54, 1.807) is 13.3 Å². The van der Waals surface area contributed by atoms with Gasteiger partial charge in [-0.15, -0.1) is 5.10 Å². The lowest BCUT2D eigenvalue weighted by Gasteiger charge is -2.10. The Hall–Kier alpha value is -1.75. The Morgan fingerprint density at radius 1 is 1.44 bits per heavy atom. The summed E-state index contributed by atoms with van der Waals surface area (Å²) >= 11 is 0. The molecule has 0 amide bonds. The van der Waals surface area contributed by atoms with Crippen molar-refractivity contribution >= 4 is 10.9 Å². The molecule has 2 aromatic rings. The summed E-state index contributed by atoms with van der Waals surface area (Å²) in [5.74, 6) is 0.603. The third-order valence-corrected chi connectivity index (χ3v) is 3.01. The second-order valence-electron chi connectivity index (χ2n) is 4.19. The van der Waals surface area contributed by atoms with Crippen LogP contribution >= 0.6 is 0 Å². The number of hydrogen-bond donors (Lipinski definition) is 1. The van der Waals surface area contributed by atoms with Crippen LogP contribution in [0, 0.1) is 0 Å². The number of nitrogens with one attached hydrogen (secondary N) is 1. The number of pyridine rings is 1. The molecular weight excluding hydrogens is 204 g/mol. The van der Waals surface area contributed by atoms with Crippen molar-refractivity contribution in [3.05, 3.63) is 24.0 Å². The van der Waals surface area contributed by atoms with Crippen LogP contribution in [0.15, 0.2) is 18.5 Å². The van der Waals surface area contributed by atoms with Gasteiger partial charge in [-0.25, -0.2) is 4.98 Å². The minimum Gasteiger partial charge on any atom is -0.481 e. The highest BCUT2D eigenvalue weighted by molar-refractivity contribution is 5.83. The molecule has 0 saturated carbocycles. The summed E-state index contributed by atoms with van der Waals surface area (Å²) in [5, 5.41) is 12.4. The summed E-state index contributed by atoms with van der Waals surface area (Å²) in [7, 11) is 1.61. The van der Waals surface area contributed by atoms with Crippen molar-refractivity contribution < 1.29 is 4.74 Å². The maximum Gasteiger partial charge on any atom is 0.213 e. The number of fused-ring (bicyclic) bond motifs is 1. The minimum absolute atomic E-state index is 0.0283. The van der Waals surface area contributed by atoms with Gasteiger partial charge in [-0.3, -0.25) is 0 Å². The molecule has 16 heavy (non-hydrogen) atoms. The molecule has 1 unspecified atom stereocenters.